The van der Waals surface area contributed by atoms with Crippen LogP contribution >= 0.6 is 0 Å². The van der Waals surface area contributed by atoms with Crippen molar-refractivity contribution in [2.75, 3.05) is 5.32 Å². The van der Waals surface area contributed by atoms with Gasteiger partial charge in [-0.3, -0.25) is 9.59 Å². The largest absolute Gasteiger partial charge is 0.352 e. The first kappa shape index (κ1) is 17.9. The average Bonchev–Trinajstić information content (AvgIpc) is 3.16. The zero-order valence-corrected chi connectivity index (χ0v) is 15.3. The highest BCUT2D eigenvalue weighted by molar-refractivity contribution is 6.03. The standard InChI is InChI=1S/C21H19FN4O2/c1-13-19(15-7-9-16(22)10-8-15)20-24-21(28)17(26(20)25-13)11-18(27)23-12-14-5-3-2-4-6-14/h2-10,17H,11-12H2,1H3,(H,23,27)(H,24,28). The fourth-order valence-electron chi connectivity index (χ4n) is 3.39. The molecule has 3 aromatic rings. The smallest absolute Gasteiger partial charge is 0.251 e. The molecule has 1 aliphatic heterocycles. The van der Waals surface area contributed by atoms with Gasteiger partial charge in [-0.05, 0) is 30.2 Å². The van der Waals surface area contributed by atoms with Gasteiger partial charge in [0.05, 0.1) is 12.1 Å². The molecule has 142 valence electrons. The zero-order valence-electron chi connectivity index (χ0n) is 15.3. The lowest BCUT2D eigenvalue weighted by molar-refractivity contribution is -0.126. The maximum absolute atomic E-state index is 13.2. The number of aryl methyl sites for hydroxylation is 1. The minimum Gasteiger partial charge on any atom is -0.352 e. The molecule has 0 aliphatic carbocycles. The van der Waals surface area contributed by atoms with E-state index in [0.29, 0.717) is 18.1 Å². The molecule has 1 aromatic heterocycles. The fourth-order valence-corrected chi connectivity index (χ4v) is 3.39. The van der Waals surface area contributed by atoms with Gasteiger partial charge < -0.3 is 10.6 Å². The van der Waals surface area contributed by atoms with Crippen LogP contribution in [-0.4, -0.2) is 21.6 Å². The lowest BCUT2D eigenvalue weighted by atomic mass is 10.1. The summed E-state index contributed by atoms with van der Waals surface area (Å²) in [5.41, 5.74) is 3.19. The molecule has 0 fully saturated rings. The maximum Gasteiger partial charge on any atom is 0.251 e. The number of rotatable bonds is 5. The first-order valence-corrected chi connectivity index (χ1v) is 8.99. The second-order valence-electron chi connectivity index (χ2n) is 6.73. The molecule has 2 N–H and O–H groups in total. The predicted octanol–water partition coefficient (Wildman–Crippen LogP) is 3.20. The molecule has 0 radical (unpaired) electrons. The number of amides is 2. The summed E-state index contributed by atoms with van der Waals surface area (Å²) >= 11 is 0. The summed E-state index contributed by atoms with van der Waals surface area (Å²) in [6, 6.07) is 14.9. The van der Waals surface area contributed by atoms with E-state index in [-0.39, 0.29) is 24.1 Å². The molecule has 1 aliphatic rings. The molecule has 1 unspecified atom stereocenters. The first-order chi connectivity index (χ1) is 13.5. The quantitative estimate of drug-likeness (QED) is 0.716. The van der Waals surface area contributed by atoms with Gasteiger partial charge >= 0.3 is 0 Å². The van der Waals surface area contributed by atoms with E-state index in [1.54, 1.807) is 16.8 Å². The number of nitrogens with zero attached hydrogens (tertiary/aromatic N) is 2. The Morgan fingerprint density at radius 2 is 1.89 bits per heavy atom. The fraction of sp³-hybridized carbons (Fsp3) is 0.190. The topological polar surface area (TPSA) is 76.0 Å². The van der Waals surface area contributed by atoms with Crippen LogP contribution in [0.1, 0.15) is 23.7 Å². The number of hydrogen-bond acceptors (Lipinski definition) is 3. The Labute approximate surface area is 161 Å². The number of anilines is 1. The molecule has 0 saturated carbocycles. The molecule has 28 heavy (non-hydrogen) atoms. The van der Waals surface area contributed by atoms with Crippen molar-refractivity contribution in [3.8, 4) is 11.1 Å². The molecular formula is C21H19FN4O2. The van der Waals surface area contributed by atoms with E-state index in [1.807, 2.05) is 37.3 Å². The Kier molecular flexibility index (Phi) is 4.65. The third-order valence-corrected chi connectivity index (χ3v) is 4.77. The van der Waals surface area contributed by atoms with E-state index >= 15 is 0 Å². The van der Waals surface area contributed by atoms with Crippen LogP contribution in [0.5, 0.6) is 0 Å². The number of nitrogens with one attached hydrogen (secondary N) is 2. The van der Waals surface area contributed by atoms with E-state index in [9.17, 15) is 14.0 Å². The Hall–Kier alpha value is -3.48. The van der Waals surface area contributed by atoms with Crippen LogP contribution in [0.4, 0.5) is 10.2 Å². The summed E-state index contributed by atoms with van der Waals surface area (Å²) in [6.07, 6.45) is -0.00432. The molecule has 2 aromatic carbocycles. The van der Waals surface area contributed by atoms with Crippen LogP contribution in [0.15, 0.2) is 54.6 Å². The average molecular weight is 378 g/mol. The molecular weight excluding hydrogens is 359 g/mol. The van der Waals surface area contributed by atoms with Crippen LogP contribution in [0.25, 0.3) is 11.1 Å². The van der Waals surface area contributed by atoms with Crippen molar-refractivity contribution in [2.45, 2.75) is 25.9 Å². The maximum atomic E-state index is 13.2. The second kappa shape index (κ2) is 7.26. The summed E-state index contributed by atoms with van der Waals surface area (Å²) in [7, 11) is 0. The molecule has 0 bridgehead atoms. The van der Waals surface area contributed by atoms with Crippen molar-refractivity contribution in [1.29, 1.82) is 0 Å². The van der Waals surface area contributed by atoms with Gasteiger partial charge in [-0.25, -0.2) is 9.07 Å². The molecule has 4 rings (SSSR count). The van der Waals surface area contributed by atoms with Gasteiger partial charge in [0.2, 0.25) is 5.91 Å². The van der Waals surface area contributed by atoms with Gasteiger partial charge in [-0.1, -0.05) is 42.5 Å². The highest BCUT2D eigenvalue weighted by Crippen LogP contribution is 2.38. The normalized spacial score (nSPS) is 15.2. The number of fused-ring (bicyclic) bond motifs is 1. The molecule has 7 heteroatoms. The van der Waals surface area contributed by atoms with Gasteiger partial charge in [0, 0.05) is 12.1 Å². The molecule has 2 amide bonds. The van der Waals surface area contributed by atoms with Gasteiger partial charge in [0.25, 0.3) is 5.91 Å². The van der Waals surface area contributed by atoms with Crippen molar-refractivity contribution < 1.29 is 14.0 Å². The van der Waals surface area contributed by atoms with Gasteiger partial charge in [-0.2, -0.15) is 5.10 Å². The van der Waals surface area contributed by atoms with Crippen LogP contribution in [-0.2, 0) is 16.1 Å². The highest BCUT2D eigenvalue weighted by atomic mass is 19.1. The Morgan fingerprint density at radius 1 is 1.18 bits per heavy atom. The number of carbonyl (C=O) groups excluding carboxylic acids is 2. The molecule has 1 atom stereocenters. The van der Waals surface area contributed by atoms with Gasteiger partial charge in [0.15, 0.2) is 0 Å². The summed E-state index contributed by atoms with van der Waals surface area (Å²) in [6.45, 7) is 2.22. The zero-order chi connectivity index (χ0) is 19.7. The summed E-state index contributed by atoms with van der Waals surface area (Å²) in [5, 5.41) is 10.1. The van der Waals surface area contributed by atoms with Crippen LogP contribution in [0.3, 0.4) is 0 Å². The van der Waals surface area contributed by atoms with Crippen molar-refractivity contribution in [1.82, 2.24) is 15.1 Å². The number of aromatic nitrogens is 2. The SMILES string of the molecule is Cc1nn2c(c1-c1ccc(F)cc1)NC(=O)C2CC(=O)NCc1ccccc1. The van der Waals surface area contributed by atoms with E-state index in [0.717, 1.165) is 16.7 Å². The van der Waals surface area contributed by atoms with Crippen LogP contribution in [0, 0.1) is 12.7 Å². The number of halogens is 1. The molecule has 0 saturated heterocycles. The Morgan fingerprint density at radius 3 is 2.61 bits per heavy atom. The summed E-state index contributed by atoms with van der Waals surface area (Å²) in [4.78, 5) is 24.8. The number of carbonyl (C=O) groups is 2. The van der Waals surface area contributed by atoms with Crippen molar-refractivity contribution in [3.63, 3.8) is 0 Å². The molecule has 0 spiro atoms. The van der Waals surface area contributed by atoms with E-state index < -0.39 is 6.04 Å². The Bertz CT molecular complexity index is 1030. The van der Waals surface area contributed by atoms with Crippen LogP contribution < -0.4 is 10.6 Å². The lowest BCUT2D eigenvalue weighted by Gasteiger charge is -2.10. The summed E-state index contributed by atoms with van der Waals surface area (Å²) < 4.78 is 14.8. The van der Waals surface area contributed by atoms with E-state index in [1.165, 1.54) is 12.1 Å². The van der Waals surface area contributed by atoms with E-state index in [2.05, 4.69) is 15.7 Å². The minimum absolute atomic E-state index is 0.00432. The minimum atomic E-state index is -0.710. The van der Waals surface area contributed by atoms with Gasteiger partial charge in [0.1, 0.15) is 17.7 Å². The molecule has 2 heterocycles. The highest BCUT2D eigenvalue weighted by Gasteiger charge is 2.36. The summed E-state index contributed by atoms with van der Waals surface area (Å²) in [5.74, 6) is -0.300. The third-order valence-electron chi connectivity index (χ3n) is 4.77. The first-order valence-electron chi connectivity index (χ1n) is 8.99. The lowest BCUT2D eigenvalue weighted by Crippen LogP contribution is -2.28. The van der Waals surface area contributed by atoms with Crippen molar-refractivity contribution >= 4 is 17.6 Å². The van der Waals surface area contributed by atoms with Crippen molar-refractivity contribution in [2.24, 2.45) is 0 Å². The third kappa shape index (κ3) is 3.38. The Balaban J connectivity index is 1.52. The van der Waals surface area contributed by atoms with Crippen LogP contribution in [0.2, 0.25) is 0 Å². The van der Waals surface area contributed by atoms with E-state index in [4.69, 9.17) is 0 Å². The number of hydrogen-bond donors (Lipinski definition) is 2. The van der Waals surface area contributed by atoms with Crippen molar-refractivity contribution in [3.05, 3.63) is 71.7 Å². The monoisotopic (exact) mass is 378 g/mol. The molecule has 6 nitrogen and oxygen atoms in total. The second-order valence-corrected chi connectivity index (χ2v) is 6.73. The predicted molar refractivity (Wildman–Crippen MR) is 103 cm³/mol. The number of benzene rings is 2. The van der Waals surface area contributed by atoms with Gasteiger partial charge in [-0.15, -0.1) is 0 Å².